The Morgan fingerprint density at radius 2 is 2.10 bits per heavy atom. The Balaban J connectivity index is 2.05. The fourth-order valence-electron chi connectivity index (χ4n) is 2.76. The number of carboxylic acid groups (broad SMARTS) is 1. The van der Waals surface area contributed by atoms with E-state index in [0.29, 0.717) is 17.0 Å². The van der Waals surface area contributed by atoms with Crippen LogP contribution < -0.4 is 4.90 Å². The van der Waals surface area contributed by atoms with Gasteiger partial charge < -0.3 is 14.9 Å². The lowest BCUT2D eigenvalue weighted by Crippen LogP contribution is -2.50. The summed E-state index contributed by atoms with van der Waals surface area (Å²) >= 11 is 0. The first kappa shape index (κ1) is 13.8. The molecule has 2 aromatic rings. The van der Waals surface area contributed by atoms with Gasteiger partial charge in [-0.15, -0.1) is 0 Å². The highest BCUT2D eigenvalue weighted by Crippen LogP contribution is 2.24. The highest BCUT2D eigenvalue weighted by atomic mass is 16.4. The first-order valence-corrected chi connectivity index (χ1v) is 7.14. The highest BCUT2D eigenvalue weighted by molar-refractivity contribution is 6.03. The number of pyridine rings is 1. The van der Waals surface area contributed by atoms with Gasteiger partial charge in [-0.1, -0.05) is 18.2 Å². The number of aromatic carboxylic acids is 1. The van der Waals surface area contributed by atoms with Crippen LogP contribution in [0.5, 0.6) is 0 Å². The molecule has 1 atom stereocenters. The number of piperazine rings is 1. The third kappa shape index (κ3) is 2.56. The zero-order chi connectivity index (χ0) is 15.0. The SMILES string of the molecule is CC1CN(c2cc(C(=O)O)c3ccccc3n2)CCN1C. The second kappa shape index (κ2) is 5.33. The first-order chi connectivity index (χ1) is 10.1. The molecule has 110 valence electrons. The number of benzene rings is 1. The lowest BCUT2D eigenvalue weighted by Gasteiger charge is -2.38. The molecule has 21 heavy (non-hydrogen) atoms. The second-order valence-electron chi connectivity index (χ2n) is 5.63. The zero-order valence-electron chi connectivity index (χ0n) is 12.3. The van der Waals surface area contributed by atoms with Crippen molar-refractivity contribution in [2.45, 2.75) is 13.0 Å². The van der Waals surface area contributed by atoms with Crippen molar-refractivity contribution >= 4 is 22.7 Å². The second-order valence-corrected chi connectivity index (χ2v) is 5.63. The van der Waals surface area contributed by atoms with Crippen molar-refractivity contribution in [3.8, 4) is 0 Å². The molecule has 1 aromatic carbocycles. The van der Waals surface area contributed by atoms with Crippen molar-refractivity contribution in [3.63, 3.8) is 0 Å². The van der Waals surface area contributed by atoms with Gasteiger partial charge in [-0.3, -0.25) is 0 Å². The highest BCUT2D eigenvalue weighted by Gasteiger charge is 2.23. The zero-order valence-corrected chi connectivity index (χ0v) is 12.3. The van der Waals surface area contributed by atoms with Gasteiger partial charge in [0.25, 0.3) is 0 Å². The Morgan fingerprint density at radius 1 is 1.33 bits per heavy atom. The van der Waals surface area contributed by atoms with Gasteiger partial charge in [-0.2, -0.15) is 0 Å². The maximum Gasteiger partial charge on any atom is 0.336 e. The summed E-state index contributed by atoms with van der Waals surface area (Å²) < 4.78 is 0. The quantitative estimate of drug-likeness (QED) is 0.915. The predicted molar refractivity (Wildman–Crippen MR) is 83.0 cm³/mol. The van der Waals surface area contributed by atoms with Crippen molar-refractivity contribution in [1.82, 2.24) is 9.88 Å². The maximum atomic E-state index is 11.5. The Bertz CT molecular complexity index is 686. The van der Waals surface area contributed by atoms with Crippen LogP contribution in [0.25, 0.3) is 10.9 Å². The number of aromatic nitrogens is 1. The first-order valence-electron chi connectivity index (χ1n) is 7.14. The standard InChI is InChI=1S/C16H19N3O2/c1-11-10-19(8-7-18(11)2)15-9-13(16(20)21)12-5-3-4-6-14(12)17-15/h3-6,9,11H,7-8,10H2,1-2H3,(H,20,21). The normalized spacial score (nSPS) is 19.9. The number of hydrogen-bond acceptors (Lipinski definition) is 4. The molecule has 1 saturated heterocycles. The molecule has 0 saturated carbocycles. The molecule has 0 aliphatic carbocycles. The van der Waals surface area contributed by atoms with Crippen LogP contribution in [0.15, 0.2) is 30.3 Å². The molecule has 1 fully saturated rings. The number of para-hydroxylation sites is 1. The number of carbonyl (C=O) groups is 1. The van der Waals surface area contributed by atoms with Gasteiger partial charge in [0.05, 0.1) is 11.1 Å². The summed E-state index contributed by atoms with van der Waals surface area (Å²) in [6.07, 6.45) is 0. The van der Waals surface area contributed by atoms with E-state index in [1.165, 1.54) is 0 Å². The van der Waals surface area contributed by atoms with E-state index in [4.69, 9.17) is 0 Å². The van der Waals surface area contributed by atoms with E-state index in [1.807, 2.05) is 24.3 Å². The Morgan fingerprint density at radius 3 is 2.81 bits per heavy atom. The average molecular weight is 285 g/mol. The predicted octanol–water partition coefficient (Wildman–Crippen LogP) is 2.07. The molecule has 1 aliphatic rings. The number of likely N-dealkylation sites (N-methyl/N-ethyl adjacent to an activating group) is 1. The van der Waals surface area contributed by atoms with Gasteiger partial charge in [-0.25, -0.2) is 9.78 Å². The van der Waals surface area contributed by atoms with Crippen LogP contribution in [0.3, 0.4) is 0 Å². The molecule has 1 aliphatic heterocycles. The third-order valence-corrected chi connectivity index (χ3v) is 4.22. The van der Waals surface area contributed by atoms with Gasteiger partial charge in [0, 0.05) is 31.1 Å². The summed E-state index contributed by atoms with van der Waals surface area (Å²) in [5.41, 5.74) is 1.06. The molecule has 1 aromatic heterocycles. The maximum absolute atomic E-state index is 11.5. The minimum Gasteiger partial charge on any atom is -0.478 e. The Kier molecular flexibility index (Phi) is 3.51. The summed E-state index contributed by atoms with van der Waals surface area (Å²) in [4.78, 5) is 20.6. The van der Waals surface area contributed by atoms with Crippen LogP contribution in [-0.2, 0) is 0 Å². The lowest BCUT2D eigenvalue weighted by molar-refractivity contribution is 0.0699. The fraction of sp³-hybridized carbons (Fsp3) is 0.375. The van der Waals surface area contributed by atoms with Gasteiger partial charge in [0.1, 0.15) is 5.82 Å². The summed E-state index contributed by atoms with van der Waals surface area (Å²) in [6.45, 7) is 4.86. The van der Waals surface area contributed by atoms with Crippen LogP contribution in [0.1, 0.15) is 17.3 Å². The molecule has 0 spiro atoms. The molecular weight excluding hydrogens is 266 g/mol. The molecule has 0 bridgehead atoms. The Labute approximate surface area is 123 Å². The minimum absolute atomic E-state index is 0.321. The molecule has 3 rings (SSSR count). The monoisotopic (exact) mass is 285 g/mol. The van der Waals surface area contributed by atoms with E-state index in [9.17, 15) is 9.90 Å². The van der Waals surface area contributed by atoms with Gasteiger partial charge in [0.2, 0.25) is 0 Å². The molecule has 0 amide bonds. The number of hydrogen-bond donors (Lipinski definition) is 1. The van der Waals surface area contributed by atoms with E-state index >= 15 is 0 Å². The minimum atomic E-state index is -0.906. The number of rotatable bonds is 2. The van der Waals surface area contributed by atoms with E-state index in [1.54, 1.807) is 6.07 Å². The van der Waals surface area contributed by atoms with Crippen molar-refractivity contribution in [3.05, 3.63) is 35.9 Å². The smallest absolute Gasteiger partial charge is 0.336 e. The average Bonchev–Trinajstić information content (AvgIpc) is 2.48. The molecule has 0 radical (unpaired) electrons. The van der Waals surface area contributed by atoms with Crippen LogP contribution in [-0.4, -0.2) is 53.7 Å². The molecule has 2 heterocycles. The number of nitrogens with zero attached hydrogens (tertiary/aromatic N) is 3. The lowest BCUT2D eigenvalue weighted by atomic mass is 10.1. The molecule has 1 N–H and O–H groups in total. The van der Waals surface area contributed by atoms with Gasteiger partial charge in [-0.05, 0) is 26.1 Å². The molecular formula is C16H19N3O2. The van der Waals surface area contributed by atoms with E-state index in [2.05, 4.69) is 28.8 Å². The topological polar surface area (TPSA) is 56.7 Å². The van der Waals surface area contributed by atoms with Crippen molar-refractivity contribution in [2.75, 3.05) is 31.6 Å². The van der Waals surface area contributed by atoms with Gasteiger partial charge >= 0.3 is 5.97 Å². The van der Waals surface area contributed by atoms with Crippen LogP contribution in [0, 0.1) is 0 Å². The van der Waals surface area contributed by atoms with Crippen LogP contribution in [0.2, 0.25) is 0 Å². The van der Waals surface area contributed by atoms with Crippen LogP contribution in [0.4, 0.5) is 5.82 Å². The van der Waals surface area contributed by atoms with E-state index < -0.39 is 5.97 Å². The van der Waals surface area contributed by atoms with E-state index in [0.717, 1.165) is 31.0 Å². The summed E-state index contributed by atoms with van der Waals surface area (Å²) in [7, 11) is 2.11. The Hall–Kier alpha value is -2.14. The summed E-state index contributed by atoms with van der Waals surface area (Å²) in [5, 5.41) is 10.1. The van der Waals surface area contributed by atoms with Crippen molar-refractivity contribution in [2.24, 2.45) is 0 Å². The number of fused-ring (bicyclic) bond motifs is 1. The summed E-state index contributed by atoms with van der Waals surface area (Å²) in [6, 6.07) is 9.53. The number of carboxylic acids is 1. The van der Waals surface area contributed by atoms with Gasteiger partial charge in [0.15, 0.2) is 0 Å². The fourth-order valence-corrected chi connectivity index (χ4v) is 2.76. The third-order valence-electron chi connectivity index (χ3n) is 4.22. The van der Waals surface area contributed by atoms with E-state index in [-0.39, 0.29) is 0 Å². The van der Waals surface area contributed by atoms with Crippen molar-refractivity contribution < 1.29 is 9.90 Å². The van der Waals surface area contributed by atoms with Crippen molar-refractivity contribution in [1.29, 1.82) is 0 Å². The number of anilines is 1. The largest absolute Gasteiger partial charge is 0.478 e. The molecule has 5 heteroatoms. The molecule has 1 unspecified atom stereocenters. The van der Waals surface area contributed by atoms with Crippen LogP contribution >= 0.6 is 0 Å². The molecule has 5 nitrogen and oxygen atoms in total. The summed E-state index contributed by atoms with van der Waals surface area (Å²) in [5.74, 6) is -0.150.